The van der Waals surface area contributed by atoms with E-state index in [0.29, 0.717) is 19.5 Å². The van der Waals surface area contributed by atoms with Crippen molar-refractivity contribution in [3.8, 4) is 11.8 Å². The van der Waals surface area contributed by atoms with Crippen molar-refractivity contribution < 1.29 is 9.53 Å². The Morgan fingerprint density at radius 2 is 1.91 bits per heavy atom. The highest BCUT2D eigenvalue weighted by Gasteiger charge is 2.25. The predicted molar refractivity (Wildman–Crippen MR) is 84.5 cm³/mol. The Labute approximate surface area is 132 Å². The lowest BCUT2D eigenvalue weighted by Crippen LogP contribution is -2.51. The van der Waals surface area contributed by atoms with Gasteiger partial charge in [-0.15, -0.1) is 0 Å². The molecule has 118 valence electrons. The number of aryl methyl sites for hydroxylation is 1. The Balaban J connectivity index is 1.81. The molecule has 1 aliphatic heterocycles. The fraction of sp³-hybridized carbons (Fsp3) is 0.529. The van der Waals surface area contributed by atoms with Crippen LogP contribution in [0, 0.1) is 18.3 Å². The van der Waals surface area contributed by atoms with Gasteiger partial charge in [-0.1, -0.05) is 17.7 Å². The molecule has 1 aromatic carbocycles. The maximum absolute atomic E-state index is 12.4. The van der Waals surface area contributed by atoms with E-state index in [-0.39, 0.29) is 5.91 Å². The highest BCUT2D eigenvalue weighted by molar-refractivity contribution is 5.81. The first-order chi connectivity index (χ1) is 10.6. The summed E-state index contributed by atoms with van der Waals surface area (Å²) in [7, 11) is 0. The third-order valence-electron chi connectivity index (χ3n) is 3.91. The van der Waals surface area contributed by atoms with E-state index in [1.54, 1.807) is 6.92 Å². The summed E-state index contributed by atoms with van der Waals surface area (Å²) in [5.41, 5.74) is 1.17. The lowest BCUT2D eigenvalue weighted by atomic mass is 10.2. The van der Waals surface area contributed by atoms with Crippen LogP contribution in [0.15, 0.2) is 24.3 Å². The number of benzene rings is 1. The summed E-state index contributed by atoms with van der Waals surface area (Å²) in [4.78, 5) is 16.5. The number of amides is 1. The molecule has 0 aliphatic carbocycles. The summed E-state index contributed by atoms with van der Waals surface area (Å²) in [6.07, 6.45) is 0.0642. The Morgan fingerprint density at radius 1 is 1.27 bits per heavy atom. The number of hydrogen-bond donors (Lipinski definition) is 0. The maximum Gasteiger partial charge on any atom is 0.263 e. The molecular weight excluding hydrogens is 278 g/mol. The summed E-state index contributed by atoms with van der Waals surface area (Å²) in [6.45, 7) is 7.65. The summed E-state index contributed by atoms with van der Waals surface area (Å²) >= 11 is 0. The van der Waals surface area contributed by atoms with Crippen molar-refractivity contribution in [3.05, 3.63) is 29.8 Å². The van der Waals surface area contributed by atoms with Crippen LogP contribution >= 0.6 is 0 Å². The van der Waals surface area contributed by atoms with Crippen molar-refractivity contribution in [1.82, 2.24) is 9.80 Å². The Kier molecular flexibility index (Phi) is 5.79. The molecule has 1 atom stereocenters. The molecule has 1 heterocycles. The van der Waals surface area contributed by atoms with Gasteiger partial charge in [0, 0.05) is 39.1 Å². The highest BCUT2D eigenvalue weighted by atomic mass is 16.5. The number of carbonyl (C=O) groups is 1. The SMILES string of the molecule is Cc1ccc(OC(C)C(=O)N2CCN(CCC#N)CC2)cc1. The minimum atomic E-state index is -0.478. The molecule has 0 saturated carbocycles. The molecule has 5 nitrogen and oxygen atoms in total. The van der Waals surface area contributed by atoms with Gasteiger partial charge in [-0.05, 0) is 26.0 Å². The molecule has 0 aromatic heterocycles. The third kappa shape index (κ3) is 4.47. The first-order valence-electron chi connectivity index (χ1n) is 7.71. The van der Waals surface area contributed by atoms with E-state index in [0.717, 1.165) is 25.4 Å². The summed E-state index contributed by atoms with van der Waals surface area (Å²) < 4.78 is 5.73. The minimum Gasteiger partial charge on any atom is -0.481 e. The Morgan fingerprint density at radius 3 is 2.50 bits per heavy atom. The number of piperazine rings is 1. The van der Waals surface area contributed by atoms with Crippen LogP contribution in [0.3, 0.4) is 0 Å². The molecule has 0 N–H and O–H groups in total. The molecule has 22 heavy (non-hydrogen) atoms. The van der Waals surface area contributed by atoms with Gasteiger partial charge in [0.05, 0.1) is 6.07 Å². The van der Waals surface area contributed by atoms with Gasteiger partial charge < -0.3 is 9.64 Å². The van der Waals surface area contributed by atoms with E-state index in [9.17, 15) is 4.79 Å². The molecule has 0 radical (unpaired) electrons. The quantitative estimate of drug-likeness (QED) is 0.832. The van der Waals surface area contributed by atoms with E-state index in [2.05, 4.69) is 11.0 Å². The first-order valence-corrected chi connectivity index (χ1v) is 7.71. The summed E-state index contributed by atoms with van der Waals surface area (Å²) in [5, 5.41) is 8.61. The molecule has 1 fully saturated rings. The zero-order chi connectivity index (χ0) is 15.9. The topological polar surface area (TPSA) is 56.6 Å². The smallest absolute Gasteiger partial charge is 0.263 e. The maximum atomic E-state index is 12.4. The number of hydrogen-bond acceptors (Lipinski definition) is 4. The molecule has 1 amide bonds. The van der Waals surface area contributed by atoms with Crippen molar-refractivity contribution in [2.45, 2.75) is 26.4 Å². The number of nitrogens with zero attached hydrogens (tertiary/aromatic N) is 3. The average Bonchev–Trinajstić information content (AvgIpc) is 2.55. The normalized spacial score (nSPS) is 16.9. The molecular formula is C17H23N3O2. The van der Waals surface area contributed by atoms with Gasteiger partial charge in [0.25, 0.3) is 5.91 Å². The molecule has 0 bridgehead atoms. The molecule has 2 rings (SSSR count). The van der Waals surface area contributed by atoms with Crippen LogP contribution in [0.1, 0.15) is 18.9 Å². The van der Waals surface area contributed by atoms with Crippen LogP contribution in [0.5, 0.6) is 5.75 Å². The van der Waals surface area contributed by atoms with Crippen LogP contribution in [0.2, 0.25) is 0 Å². The van der Waals surface area contributed by atoms with E-state index >= 15 is 0 Å². The highest BCUT2D eigenvalue weighted by Crippen LogP contribution is 2.15. The van der Waals surface area contributed by atoms with Crippen LogP contribution in [-0.2, 0) is 4.79 Å². The summed E-state index contributed by atoms with van der Waals surface area (Å²) in [6, 6.07) is 9.88. The largest absolute Gasteiger partial charge is 0.481 e. The molecule has 5 heteroatoms. The average molecular weight is 301 g/mol. The predicted octanol–water partition coefficient (Wildman–Crippen LogP) is 1.82. The van der Waals surface area contributed by atoms with Crippen LogP contribution in [0.25, 0.3) is 0 Å². The molecule has 1 aromatic rings. The fourth-order valence-electron chi connectivity index (χ4n) is 2.53. The van der Waals surface area contributed by atoms with Gasteiger partial charge >= 0.3 is 0 Å². The van der Waals surface area contributed by atoms with Crippen LogP contribution < -0.4 is 4.74 Å². The molecule has 0 spiro atoms. The van der Waals surface area contributed by atoms with Crippen molar-refractivity contribution in [2.75, 3.05) is 32.7 Å². The second-order valence-corrected chi connectivity index (χ2v) is 5.65. The number of nitriles is 1. The third-order valence-corrected chi connectivity index (χ3v) is 3.91. The van der Waals surface area contributed by atoms with E-state index < -0.39 is 6.10 Å². The lowest BCUT2D eigenvalue weighted by Gasteiger charge is -2.35. The number of carbonyl (C=O) groups excluding carboxylic acids is 1. The van der Waals surface area contributed by atoms with Gasteiger partial charge in [0.1, 0.15) is 5.75 Å². The molecule has 1 saturated heterocycles. The van der Waals surface area contributed by atoms with Gasteiger partial charge in [-0.2, -0.15) is 5.26 Å². The molecule has 1 unspecified atom stereocenters. The second-order valence-electron chi connectivity index (χ2n) is 5.65. The van der Waals surface area contributed by atoms with E-state index in [1.165, 1.54) is 5.56 Å². The van der Waals surface area contributed by atoms with Crippen LogP contribution in [-0.4, -0.2) is 54.5 Å². The van der Waals surface area contributed by atoms with Gasteiger partial charge in [-0.25, -0.2) is 0 Å². The molecule has 1 aliphatic rings. The zero-order valence-electron chi connectivity index (χ0n) is 13.3. The Hall–Kier alpha value is -2.06. The number of rotatable bonds is 5. The van der Waals surface area contributed by atoms with E-state index in [1.807, 2.05) is 36.1 Å². The van der Waals surface area contributed by atoms with Crippen molar-refractivity contribution >= 4 is 5.91 Å². The van der Waals surface area contributed by atoms with Gasteiger partial charge in [-0.3, -0.25) is 9.69 Å². The first kappa shape index (κ1) is 16.3. The zero-order valence-corrected chi connectivity index (χ0v) is 13.3. The van der Waals surface area contributed by atoms with Crippen molar-refractivity contribution in [2.24, 2.45) is 0 Å². The number of ether oxygens (including phenoxy) is 1. The van der Waals surface area contributed by atoms with E-state index in [4.69, 9.17) is 10.00 Å². The lowest BCUT2D eigenvalue weighted by molar-refractivity contribution is -0.139. The summed E-state index contributed by atoms with van der Waals surface area (Å²) in [5.74, 6) is 0.750. The standard InChI is InChI=1S/C17H23N3O2/c1-14-4-6-16(7-5-14)22-15(2)17(21)20-12-10-19(11-13-20)9-3-8-18/h4-7,15H,3,9-13H2,1-2H3. The van der Waals surface area contributed by atoms with Crippen molar-refractivity contribution in [3.63, 3.8) is 0 Å². The monoisotopic (exact) mass is 301 g/mol. The van der Waals surface area contributed by atoms with Gasteiger partial charge in [0.15, 0.2) is 6.10 Å². The van der Waals surface area contributed by atoms with Crippen molar-refractivity contribution in [1.29, 1.82) is 5.26 Å². The Bertz CT molecular complexity index is 528. The second kappa shape index (κ2) is 7.81. The minimum absolute atomic E-state index is 0.0282. The van der Waals surface area contributed by atoms with Gasteiger partial charge in [0.2, 0.25) is 0 Å². The fourth-order valence-corrected chi connectivity index (χ4v) is 2.53. The van der Waals surface area contributed by atoms with Crippen LogP contribution in [0.4, 0.5) is 0 Å².